The van der Waals surface area contributed by atoms with Gasteiger partial charge in [-0.15, -0.1) is 0 Å². The molecule has 0 spiro atoms. The molecule has 0 aliphatic carbocycles. The summed E-state index contributed by atoms with van der Waals surface area (Å²) in [5, 5.41) is 4.26. The summed E-state index contributed by atoms with van der Waals surface area (Å²) in [5.74, 6) is 1.72. The summed E-state index contributed by atoms with van der Waals surface area (Å²) in [6.07, 6.45) is 1.81. The van der Waals surface area contributed by atoms with Gasteiger partial charge in [-0.05, 0) is 66.4 Å². The van der Waals surface area contributed by atoms with Crippen molar-refractivity contribution in [2.24, 2.45) is 5.10 Å². The van der Waals surface area contributed by atoms with E-state index in [1.165, 1.54) is 16.7 Å². The van der Waals surface area contributed by atoms with Crippen LogP contribution in [0.25, 0.3) is 0 Å². The molecule has 0 aliphatic heterocycles. The number of rotatable bonds is 6. The number of nitrogens with one attached hydrogen (secondary N) is 1. The highest BCUT2D eigenvalue weighted by Crippen LogP contribution is 2.26. The Hall–Kier alpha value is -3.07. The van der Waals surface area contributed by atoms with Crippen LogP contribution < -0.4 is 10.2 Å². The van der Waals surface area contributed by atoms with Gasteiger partial charge in [0.2, 0.25) is 0 Å². The molecule has 3 aromatic carbocycles. The molecular formula is C22H22N2O. The normalized spacial score (nSPS) is 10.8. The molecule has 0 amide bonds. The van der Waals surface area contributed by atoms with E-state index >= 15 is 0 Å². The Morgan fingerprint density at radius 3 is 2.40 bits per heavy atom. The first-order valence-electron chi connectivity index (χ1n) is 8.36. The van der Waals surface area contributed by atoms with E-state index in [2.05, 4.69) is 42.6 Å². The van der Waals surface area contributed by atoms with Crippen molar-refractivity contribution in [2.45, 2.75) is 20.4 Å². The predicted molar refractivity (Wildman–Crippen MR) is 103 cm³/mol. The molecule has 0 atom stereocenters. The van der Waals surface area contributed by atoms with E-state index in [1.807, 2.05) is 60.8 Å². The van der Waals surface area contributed by atoms with Crippen LogP contribution >= 0.6 is 0 Å². The fourth-order valence-corrected chi connectivity index (χ4v) is 2.44. The van der Waals surface area contributed by atoms with E-state index in [4.69, 9.17) is 4.74 Å². The lowest BCUT2D eigenvalue weighted by atomic mass is 10.1. The zero-order chi connectivity index (χ0) is 17.5. The standard InChI is InChI=1S/C22H22N2O/c1-17-7-6-10-22(18(17)2)25-21-13-11-20(12-14-21)16-24-23-15-19-8-4-3-5-9-19/h3-14,16,23H,15H2,1-2H3. The minimum absolute atomic E-state index is 0.713. The Morgan fingerprint density at radius 1 is 0.880 bits per heavy atom. The number of ether oxygens (including phenoxy) is 1. The fraction of sp³-hybridized carbons (Fsp3) is 0.136. The van der Waals surface area contributed by atoms with Crippen molar-refractivity contribution in [3.8, 4) is 11.5 Å². The molecule has 0 unspecified atom stereocenters. The summed E-state index contributed by atoms with van der Waals surface area (Å²) in [6, 6.07) is 24.2. The van der Waals surface area contributed by atoms with Crippen LogP contribution in [0.4, 0.5) is 0 Å². The molecule has 0 saturated carbocycles. The van der Waals surface area contributed by atoms with Crippen molar-refractivity contribution < 1.29 is 4.74 Å². The van der Waals surface area contributed by atoms with Gasteiger partial charge in [0, 0.05) is 0 Å². The number of hydrogen-bond acceptors (Lipinski definition) is 3. The van der Waals surface area contributed by atoms with Gasteiger partial charge in [0.1, 0.15) is 11.5 Å². The third-order valence-corrected chi connectivity index (χ3v) is 4.09. The van der Waals surface area contributed by atoms with E-state index < -0.39 is 0 Å². The minimum Gasteiger partial charge on any atom is -0.457 e. The Kier molecular flexibility index (Phi) is 5.47. The van der Waals surface area contributed by atoms with Crippen LogP contribution in [0.2, 0.25) is 0 Å². The first-order chi connectivity index (χ1) is 12.2. The second kappa shape index (κ2) is 8.15. The molecule has 0 bridgehead atoms. The van der Waals surface area contributed by atoms with E-state index in [9.17, 15) is 0 Å². The molecule has 1 N–H and O–H groups in total. The highest BCUT2D eigenvalue weighted by molar-refractivity contribution is 5.79. The van der Waals surface area contributed by atoms with Crippen LogP contribution in [0.3, 0.4) is 0 Å². The fourth-order valence-electron chi connectivity index (χ4n) is 2.44. The molecule has 0 heterocycles. The summed E-state index contributed by atoms with van der Waals surface area (Å²) in [6.45, 7) is 4.87. The molecule has 0 radical (unpaired) electrons. The summed E-state index contributed by atoms with van der Waals surface area (Å²) >= 11 is 0. The monoisotopic (exact) mass is 330 g/mol. The van der Waals surface area contributed by atoms with Crippen LogP contribution in [0, 0.1) is 13.8 Å². The SMILES string of the molecule is Cc1cccc(Oc2ccc(C=NNCc3ccccc3)cc2)c1C. The van der Waals surface area contributed by atoms with Gasteiger partial charge in [-0.25, -0.2) is 0 Å². The first kappa shape index (κ1) is 16.8. The van der Waals surface area contributed by atoms with E-state index in [0.717, 1.165) is 17.1 Å². The van der Waals surface area contributed by atoms with Gasteiger partial charge in [-0.3, -0.25) is 0 Å². The molecule has 3 aromatic rings. The van der Waals surface area contributed by atoms with Crippen LogP contribution in [0.5, 0.6) is 11.5 Å². The second-order valence-electron chi connectivity index (χ2n) is 5.95. The van der Waals surface area contributed by atoms with Gasteiger partial charge in [0.25, 0.3) is 0 Å². The van der Waals surface area contributed by atoms with Crippen LogP contribution in [-0.4, -0.2) is 6.21 Å². The topological polar surface area (TPSA) is 33.6 Å². The molecule has 0 fully saturated rings. The first-order valence-corrected chi connectivity index (χ1v) is 8.36. The lowest BCUT2D eigenvalue weighted by Crippen LogP contribution is -2.05. The van der Waals surface area contributed by atoms with E-state index in [1.54, 1.807) is 0 Å². The molecular weight excluding hydrogens is 308 g/mol. The van der Waals surface area contributed by atoms with Gasteiger partial charge in [-0.2, -0.15) is 5.10 Å². The molecule has 0 aliphatic rings. The highest BCUT2D eigenvalue weighted by atomic mass is 16.5. The summed E-state index contributed by atoms with van der Waals surface area (Å²) in [4.78, 5) is 0. The van der Waals surface area contributed by atoms with Crippen molar-refractivity contribution in [2.75, 3.05) is 0 Å². The lowest BCUT2D eigenvalue weighted by Gasteiger charge is -2.10. The summed E-state index contributed by atoms with van der Waals surface area (Å²) in [5.41, 5.74) is 7.68. The number of hydrazone groups is 1. The van der Waals surface area contributed by atoms with E-state index in [-0.39, 0.29) is 0 Å². The lowest BCUT2D eigenvalue weighted by molar-refractivity contribution is 0.478. The smallest absolute Gasteiger partial charge is 0.130 e. The van der Waals surface area contributed by atoms with Gasteiger partial charge in [-0.1, -0.05) is 42.5 Å². The third-order valence-electron chi connectivity index (χ3n) is 4.09. The molecule has 0 aromatic heterocycles. The maximum absolute atomic E-state index is 5.97. The van der Waals surface area contributed by atoms with E-state index in [0.29, 0.717) is 6.54 Å². The summed E-state index contributed by atoms with van der Waals surface area (Å²) < 4.78 is 5.97. The number of benzene rings is 3. The highest BCUT2D eigenvalue weighted by Gasteiger charge is 2.03. The molecule has 0 saturated heterocycles. The maximum Gasteiger partial charge on any atom is 0.130 e. The van der Waals surface area contributed by atoms with Gasteiger partial charge in [0.15, 0.2) is 0 Å². The number of nitrogens with zero attached hydrogens (tertiary/aromatic N) is 1. The Bertz CT molecular complexity index is 840. The molecule has 3 heteroatoms. The third kappa shape index (κ3) is 4.70. The molecule has 3 rings (SSSR count). The number of aryl methyl sites for hydroxylation is 1. The Balaban J connectivity index is 1.56. The van der Waals surface area contributed by atoms with Crippen molar-refractivity contribution in [1.29, 1.82) is 0 Å². The zero-order valence-electron chi connectivity index (χ0n) is 14.6. The van der Waals surface area contributed by atoms with Crippen molar-refractivity contribution in [3.63, 3.8) is 0 Å². The molecule has 3 nitrogen and oxygen atoms in total. The quantitative estimate of drug-likeness (QED) is 0.496. The van der Waals surface area contributed by atoms with Gasteiger partial charge < -0.3 is 10.2 Å². The van der Waals surface area contributed by atoms with Crippen LogP contribution in [0.1, 0.15) is 22.3 Å². The van der Waals surface area contributed by atoms with Crippen molar-refractivity contribution in [3.05, 3.63) is 95.1 Å². The van der Waals surface area contributed by atoms with Crippen molar-refractivity contribution in [1.82, 2.24) is 5.43 Å². The second-order valence-corrected chi connectivity index (χ2v) is 5.95. The summed E-state index contributed by atoms with van der Waals surface area (Å²) in [7, 11) is 0. The van der Waals surface area contributed by atoms with Gasteiger partial charge >= 0.3 is 0 Å². The Morgan fingerprint density at radius 2 is 1.64 bits per heavy atom. The predicted octanol–water partition coefficient (Wildman–Crippen LogP) is 5.22. The zero-order valence-corrected chi connectivity index (χ0v) is 14.6. The average molecular weight is 330 g/mol. The number of hydrogen-bond donors (Lipinski definition) is 1. The minimum atomic E-state index is 0.713. The average Bonchev–Trinajstić information content (AvgIpc) is 2.65. The maximum atomic E-state index is 5.97. The van der Waals surface area contributed by atoms with Crippen molar-refractivity contribution >= 4 is 6.21 Å². The van der Waals surface area contributed by atoms with Crippen LogP contribution in [-0.2, 0) is 6.54 Å². The largest absolute Gasteiger partial charge is 0.457 e. The molecule has 126 valence electrons. The van der Waals surface area contributed by atoms with Gasteiger partial charge in [0.05, 0.1) is 12.8 Å². The van der Waals surface area contributed by atoms with Crippen LogP contribution in [0.15, 0.2) is 77.9 Å². The molecule has 25 heavy (non-hydrogen) atoms. The Labute approximate surface area is 149 Å².